The van der Waals surface area contributed by atoms with E-state index in [4.69, 9.17) is 0 Å². The van der Waals surface area contributed by atoms with Gasteiger partial charge in [-0.05, 0) is 54.7 Å². The molecule has 0 amide bonds. The average molecular weight is 198 g/mol. The van der Waals surface area contributed by atoms with Crippen molar-refractivity contribution >= 4 is 11.6 Å². The molecule has 3 rings (SSSR count). The van der Waals surface area contributed by atoms with Crippen molar-refractivity contribution in [3.8, 4) is 0 Å². The van der Waals surface area contributed by atoms with Crippen LogP contribution in [0.3, 0.4) is 0 Å². The summed E-state index contributed by atoms with van der Waals surface area (Å²) in [7, 11) is 0. The predicted molar refractivity (Wildman–Crippen MR) is 56.3 cm³/mol. The van der Waals surface area contributed by atoms with Gasteiger partial charge in [0, 0.05) is 11.1 Å². The first-order valence-corrected chi connectivity index (χ1v) is 5.18. The highest BCUT2D eigenvalue weighted by Gasteiger charge is 2.22. The van der Waals surface area contributed by atoms with Crippen LogP contribution in [-0.4, -0.2) is 11.6 Å². The Morgan fingerprint density at radius 3 is 1.73 bits per heavy atom. The maximum atomic E-state index is 11.6. The zero-order valence-corrected chi connectivity index (χ0v) is 8.25. The van der Waals surface area contributed by atoms with Crippen LogP contribution < -0.4 is 0 Å². The van der Waals surface area contributed by atoms with E-state index in [1.165, 1.54) is 23.3 Å². The molecule has 0 aliphatic heterocycles. The normalized spacial score (nSPS) is 17.9. The fourth-order valence-corrected chi connectivity index (χ4v) is 2.36. The van der Waals surface area contributed by atoms with Crippen molar-refractivity contribution in [3.05, 3.63) is 46.5 Å². The first-order valence-electron chi connectivity index (χ1n) is 5.18. The molecule has 0 atom stereocenters. The fraction of sp³-hybridized carbons (Fsp3) is 0.231. The van der Waals surface area contributed by atoms with E-state index in [0.29, 0.717) is 11.1 Å². The molecule has 2 aliphatic carbocycles. The first-order chi connectivity index (χ1) is 7.25. The molecule has 74 valence electrons. The van der Waals surface area contributed by atoms with Crippen LogP contribution in [0.25, 0.3) is 0 Å². The van der Waals surface area contributed by atoms with Crippen LogP contribution in [0.15, 0.2) is 24.3 Å². The van der Waals surface area contributed by atoms with E-state index < -0.39 is 0 Å². The maximum Gasteiger partial charge on any atom is 0.186 e. The Hall–Kier alpha value is -1.70. The van der Waals surface area contributed by atoms with Crippen molar-refractivity contribution in [1.82, 2.24) is 0 Å². The van der Waals surface area contributed by atoms with E-state index in [-0.39, 0.29) is 11.6 Å². The molecule has 0 spiro atoms. The molecule has 2 aliphatic rings. The summed E-state index contributed by atoms with van der Waals surface area (Å²) in [5.41, 5.74) is 3.65. The zero-order chi connectivity index (χ0) is 10.4. The maximum absolute atomic E-state index is 11.6. The molecule has 15 heavy (non-hydrogen) atoms. The third-order valence-corrected chi connectivity index (χ3v) is 3.15. The number of aryl methyl sites for hydroxylation is 2. The molecule has 1 aromatic carbocycles. The SMILES string of the molecule is O=C1C=CC(=O)c2cc3c(cc21)CCC3. The summed E-state index contributed by atoms with van der Waals surface area (Å²) in [5, 5.41) is 0. The summed E-state index contributed by atoms with van der Waals surface area (Å²) < 4.78 is 0. The largest absolute Gasteiger partial charge is 0.289 e. The van der Waals surface area contributed by atoms with Gasteiger partial charge in [0.25, 0.3) is 0 Å². The summed E-state index contributed by atoms with van der Waals surface area (Å²) in [5.74, 6) is -0.0846. The van der Waals surface area contributed by atoms with Crippen molar-refractivity contribution < 1.29 is 9.59 Å². The van der Waals surface area contributed by atoms with Gasteiger partial charge in [0.2, 0.25) is 0 Å². The Bertz CT molecular complexity index is 465. The molecule has 0 radical (unpaired) electrons. The van der Waals surface area contributed by atoms with Crippen molar-refractivity contribution in [2.45, 2.75) is 19.3 Å². The lowest BCUT2D eigenvalue weighted by molar-refractivity contribution is 0.0994. The number of benzene rings is 1. The van der Waals surface area contributed by atoms with Crippen molar-refractivity contribution in [2.75, 3.05) is 0 Å². The van der Waals surface area contributed by atoms with Gasteiger partial charge in [-0.25, -0.2) is 0 Å². The summed E-state index contributed by atoms with van der Waals surface area (Å²) in [6.45, 7) is 0. The molecule has 0 aromatic heterocycles. The van der Waals surface area contributed by atoms with Gasteiger partial charge < -0.3 is 0 Å². The number of hydrogen-bond donors (Lipinski definition) is 0. The average Bonchev–Trinajstić information content (AvgIpc) is 2.69. The molecule has 0 saturated carbocycles. The second-order valence-corrected chi connectivity index (χ2v) is 4.08. The highest BCUT2D eigenvalue weighted by molar-refractivity contribution is 6.22. The van der Waals surface area contributed by atoms with E-state index >= 15 is 0 Å². The Morgan fingerprint density at radius 1 is 0.800 bits per heavy atom. The van der Waals surface area contributed by atoms with Crippen molar-refractivity contribution in [3.63, 3.8) is 0 Å². The third kappa shape index (κ3) is 1.18. The van der Waals surface area contributed by atoms with Gasteiger partial charge in [0.1, 0.15) is 0 Å². The highest BCUT2D eigenvalue weighted by atomic mass is 16.1. The van der Waals surface area contributed by atoms with Gasteiger partial charge in [0.15, 0.2) is 11.6 Å². The van der Waals surface area contributed by atoms with E-state index in [1.807, 2.05) is 12.1 Å². The molecule has 0 bridgehead atoms. The zero-order valence-electron chi connectivity index (χ0n) is 8.25. The molecule has 0 N–H and O–H groups in total. The lowest BCUT2D eigenvalue weighted by Gasteiger charge is -2.11. The van der Waals surface area contributed by atoms with Crippen molar-refractivity contribution in [1.29, 1.82) is 0 Å². The summed E-state index contributed by atoms with van der Waals surface area (Å²) in [6, 6.07) is 3.81. The van der Waals surface area contributed by atoms with Gasteiger partial charge in [0.05, 0.1) is 0 Å². The number of fused-ring (bicyclic) bond motifs is 2. The Labute approximate surface area is 87.6 Å². The van der Waals surface area contributed by atoms with E-state index in [2.05, 4.69) is 0 Å². The molecule has 1 aromatic rings. The summed E-state index contributed by atoms with van der Waals surface area (Å²) in [4.78, 5) is 23.2. The topological polar surface area (TPSA) is 34.1 Å². The predicted octanol–water partition coefficient (Wildman–Crippen LogP) is 2.11. The number of allylic oxidation sites excluding steroid dienone is 2. The molecule has 0 saturated heterocycles. The molecule has 2 nitrogen and oxygen atoms in total. The number of carbonyl (C=O) groups is 2. The second kappa shape index (κ2) is 2.89. The molecule has 0 fully saturated rings. The van der Waals surface area contributed by atoms with Gasteiger partial charge >= 0.3 is 0 Å². The molecule has 0 unspecified atom stereocenters. The van der Waals surface area contributed by atoms with Gasteiger partial charge in [-0.15, -0.1) is 0 Å². The number of hydrogen-bond acceptors (Lipinski definition) is 2. The van der Waals surface area contributed by atoms with Crippen LogP contribution in [0.5, 0.6) is 0 Å². The van der Waals surface area contributed by atoms with E-state index in [9.17, 15) is 9.59 Å². The minimum Gasteiger partial charge on any atom is -0.289 e. The van der Waals surface area contributed by atoms with Gasteiger partial charge in [-0.3, -0.25) is 9.59 Å². The number of carbonyl (C=O) groups excluding carboxylic acids is 2. The van der Waals surface area contributed by atoms with Crippen LogP contribution in [0.1, 0.15) is 38.3 Å². The lowest BCUT2D eigenvalue weighted by atomic mass is 9.91. The molecule has 0 heterocycles. The van der Waals surface area contributed by atoms with Crippen molar-refractivity contribution in [2.24, 2.45) is 0 Å². The second-order valence-electron chi connectivity index (χ2n) is 4.08. The van der Waals surface area contributed by atoms with Crippen LogP contribution in [0.2, 0.25) is 0 Å². The quantitative estimate of drug-likeness (QED) is 0.639. The van der Waals surface area contributed by atoms with E-state index in [0.717, 1.165) is 19.3 Å². The van der Waals surface area contributed by atoms with Crippen LogP contribution in [0, 0.1) is 0 Å². The molecular weight excluding hydrogens is 188 g/mol. The smallest absolute Gasteiger partial charge is 0.186 e. The third-order valence-electron chi connectivity index (χ3n) is 3.15. The fourth-order valence-electron chi connectivity index (χ4n) is 2.36. The van der Waals surface area contributed by atoms with Gasteiger partial charge in [-0.2, -0.15) is 0 Å². The standard InChI is InChI=1S/C13H10O2/c14-12-4-5-13(15)11-7-9-3-1-2-8(9)6-10(11)12/h4-7H,1-3H2. The van der Waals surface area contributed by atoms with Crippen LogP contribution in [-0.2, 0) is 12.8 Å². The van der Waals surface area contributed by atoms with Gasteiger partial charge in [-0.1, -0.05) is 0 Å². The Kier molecular flexibility index (Phi) is 1.66. The summed E-state index contributed by atoms with van der Waals surface area (Å²) in [6.07, 6.45) is 5.94. The van der Waals surface area contributed by atoms with Crippen LogP contribution in [0.4, 0.5) is 0 Å². The Morgan fingerprint density at radius 2 is 1.27 bits per heavy atom. The van der Waals surface area contributed by atoms with Crippen LogP contribution >= 0.6 is 0 Å². The Balaban J connectivity index is 2.26. The highest BCUT2D eigenvalue weighted by Crippen LogP contribution is 2.28. The summed E-state index contributed by atoms with van der Waals surface area (Å²) >= 11 is 0. The first kappa shape index (κ1) is 8.60. The number of ketones is 2. The minimum absolute atomic E-state index is 0.0423. The lowest BCUT2D eigenvalue weighted by Crippen LogP contribution is -2.12. The monoisotopic (exact) mass is 198 g/mol. The molecule has 2 heteroatoms. The number of rotatable bonds is 0. The molecular formula is C13H10O2. The van der Waals surface area contributed by atoms with E-state index in [1.54, 1.807) is 0 Å². The minimum atomic E-state index is -0.0423.